The van der Waals surface area contributed by atoms with Gasteiger partial charge < -0.3 is 0 Å². The maximum atomic E-state index is 13.0. The summed E-state index contributed by atoms with van der Waals surface area (Å²) in [7, 11) is 0. The Kier molecular flexibility index (Phi) is 4.71. The second kappa shape index (κ2) is 7.12. The molecule has 4 heteroatoms. The van der Waals surface area contributed by atoms with E-state index >= 15 is 0 Å². The van der Waals surface area contributed by atoms with E-state index in [2.05, 4.69) is 40.3 Å². The normalized spacial score (nSPS) is 26.5. The van der Waals surface area contributed by atoms with Crippen LogP contribution < -0.4 is 0 Å². The van der Waals surface area contributed by atoms with E-state index in [0.29, 0.717) is 17.9 Å². The zero-order chi connectivity index (χ0) is 17.2. The minimum absolute atomic E-state index is 0.164. The summed E-state index contributed by atoms with van der Waals surface area (Å²) in [5.41, 5.74) is 2.18. The van der Waals surface area contributed by atoms with E-state index in [1.165, 1.54) is 24.8 Å². The molecule has 4 rings (SSSR count). The van der Waals surface area contributed by atoms with E-state index in [0.717, 1.165) is 31.5 Å². The van der Waals surface area contributed by atoms with Gasteiger partial charge >= 0.3 is 0 Å². The Bertz CT molecular complexity index is 710. The number of piperidine rings is 2. The van der Waals surface area contributed by atoms with Crippen LogP contribution in [0.2, 0.25) is 0 Å². The predicted molar refractivity (Wildman–Crippen MR) is 98.4 cm³/mol. The molecule has 0 aliphatic carbocycles. The molecule has 0 saturated carbocycles. The Hall–Kier alpha value is -1.94. The van der Waals surface area contributed by atoms with Crippen molar-refractivity contribution in [3.05, 3.63) is 53.9 Å². The maximum absolute atomic E-state index is 13.0. The standard InChI is InChI=1S/C21H27N3O/c1-2-23-15-18(13-22-23)21(25)17-11-19-9-6-10-20(12-17)24(19)14-16-7-4-3-5-8-16/h3-5,7-8,13,15,17,19-20H,2,6,9-12,14H2,1H3. The van der Waals surface area contributed by atoms with Crippen LogP contribution in [0, 0.1) is 5.92 Å². The fraction of sp³-hybridized carbons (Fsp3) is 0.524. The highest BCUT2D eigenvalue weighted by molar-refractivity contribution is 5.97. The van der Waals surface area contributed by atoms with Gasteiger partial charge in [0.25, 0.3) is 0 Å². The van der Waals surface area contributed by atoms with Crippen LogP contribution in [0.5, 0.6) is 0 Å². The average Bonchev–Trinajstić information content (AvgIpc) is 3.11. The van der Waals surface area contributed by atoms with Crippen LogP contribution in [-0.4, -0.2) is 32.5 Å². The molecular formula is C21H27N3O. The van der Waals surface area contributed by atoms with Crippen LogP contribution in [0.1, 0.15) is 54.9 Å². The number of ketones is 1. The van der Waals surface area contributed by atoms with Crippen molar-refractivity contribution >= 4 is 5.78 Å². The van der Waals surface area contributed by atoms with Gasteiger partial charge in [-0.25, -0.2) is 0 Å². The molecule has 0 N–H and O–H groups in total. The first-order valence-corrected chi connectivity index (χ1v) is 9.61. The molecule has 2 aliphatic heterocycles. The van der Waals surface area contributed by atoms with Gasteiger partial charge in [0, 0.05) is 37.3 Å². The molecule has 2 fully saturated rings. The number of aromatic nitrogens is 2. The smallest absolute Gasteiger partial charge is 0.169 e. The van der Waals surface area contributed by atoms with Crippen LogP contribution in [-0.2, 0) is 13.1 Å². The van der Waals surface area contributed by atoms with Gasteiger partial charge in [0.05, 0.1) is 11.8 Å². The van der Waals surface area contributed by atoms with Gasteiger partial charge in [-0.3, -0.25) is 14.4 Å². The van der Waals surface area contributed by atoms with Gasteiger partial charge in [-0.2, -0.15) is 5.10 Å². The predicted octanol–water partition coefficient (Wildman–Crippen LogP) is 3.92. The van der Waals surface area contributed by atoms with Crippen molar-refractivity contribution in [2.45, 2.75) is 64.2 Å². The number of benzene rings is 1. The van der Waals surface area contributed by atoms with Crippen LogP contribution in [0.4, 0.5) is 0 Å². The van der Waals surface area contributed by atoms with E-state index in [1.807, 2.05) is 17.8 Å². The molecule has 2 aromatic rings. The average molecular weight is 337 g/mol. The second-order valence-corrected chi connectivity index (χ2v) is 7.51. The van der Waals surface area contributed by atoms with Crippen molar-refractivity contribution < 1.29 is 4.79 Å². The first-order chi connectivity index (χ1) is 12.2. The second-order valence-electron chi connectivity index (χ2n) is 7.51. The zero-order valence-electron chi connectivity index (χ0n) is 15.0. The lowest BCUT2D eigenvalue weighted by Gasteiger charge is -2.48. The molecule has 25 heavy (non-hydrogen) atoms. The van der Waals surface area contributed by atoms with E-state index in [4.69, 9.17) is 0 Å². The van der Waals surface area contributed by atoms with Crippen molar-refractivity contribution in [3.63, 3.8) is 0 Å². The van der Waals surface area contributed by atoms with E-state index in [9.17, 15) is 4.79 Å². The minimum atomic E-state index is 0.164. The molecule has 1 aromatic heterocycles. The summed E-state index contributed by atoms with van der Waals surface area (Å²) < 4.78 is 1.85. The van der Waals surface area contributed by atoms with Gasteiger partial charge in [0.1, 0.15) is 0 Å². The van der Waals surface area contributed by atoms with Crippen molar-refractivity contribution in [3.8, 4) is 0 Å². The number of rotatable bonds is 5. The lowest BCUT2D eigenvalue weighted by Crippen LogP contribution is -2.52. The molecule has 0 spiro atoms. The summed E-state index contributed by atoms with van der Waals surface area (Å²) in [5, 5.41) is 4.28. The lowest BCUT2D eigenvalue weighted by atomic mass is 9.75. The summed E-state index contributed by atoms with van der Waals surface area (Å²) >= 11 is 0. The molecule has 4 nitrogen and oxygen atoms in total. The molecule has 0 radical (unpaired) electrons. The van der Waals surface area contributed by atoms with Gasteiger partial charge in [0.15, 0.2) is 5.78 Å². The quantitative estimate of drug-likeness (QED) is 0.776. The molecule has 2 saturated heterocycles. The van der Waals surface area contributed by atoms with Crippen molar-refractivity contribution in [2.75, 3.05) is 0 Å². The number of nitrogens with zero attached hydrogens (tertiary/aromatic N) is 3. The molecule has 1 aromatic carbocycles. The minimum Gasteiger partial charge on any atom is -0.294 e. The third-order valence-corrected chi connectivity index (χ3v) is 5.95. The molecule has 2 atom stereocenters. The van der Waals surface area contributed by atoms with Crippen molar-refractivity contribution in [2.24, 2.45) is 5.92 Å². The SMILES string of the molecule is CCn1cc(C(=O)C2CC3CCCC(C2)N3Cc2ccccc2)cn1. The third kappa shape index (κ3) is 3.40. The summed E-state index contributed by atoms with van der Waals surface area (Å²) in [6.07, 6.45) is 9.41. The van der Waals surface area contributed by atoms with Gasteiger partial charge in [0.2, 0.25) is 0 Å². The monoisotopic (exact) mass is 337 g/mol. The molecule has 2 unspecified atom stereocenters. The van der Waals surface area contributed by atoms with E-state index in [-0.39, 0.29) is 5.92 Å². The fourth-order valence-electron chi connectivity index (χ4n) is 4.64. The zero-order valence-corrected chi connectivity index (χ0v) is 15.0. The topological polar surface area (TPSA) is 38.1 Å². The molecule has 132 valence electrons. The number of hydrogen-bond donors (Lipinski definition) is 0. The summed E-state index contributed by atoms with van der Waals surface area (Å²) in [6, 6.07) is 11.8. The summed E-state index contributed by atoms with van der Waals surface area (Å²) in [4.78, 5) is 15.6. The highest BCUT2D eigenvalue weighted by atomic mass is 16.1. The largest absolute Gasteiger partial charge is 0.294 e. The fourth-order valence-corrected chi connectivity index (χ4v) is 4.64. The molecule has 2 aliphatic rings. The van der Waals surface area contributed by atoms with Gasteiger partial charge in [-0.1, -0.05) is 36.8 Å². The van der Waals surface area contributed by atoms with Gasteiger partial charge in [-0.05, 0) is 38.2 Å². The maximum Gasteiger partial charge on any atom is 0.169 e. The number of aryl methyl sites for hydroxylation is 1. The number of carbonyl (C=O) groups excluding carboxylic acids is 1. The summed E-state index contributed by atoms with van der Waals surface area (Å²) in [5.74, 6) is 0.466. The Morgan fingerprint density at radius 1 is 1.16 bits per heavy atom. The first-order valence-electron chi connectivity index (χ1n) is 9.61. The molecule has 0 amide bonds. The van der Waals surface area contributed by atoms with E-state index < -0.39 is 0 Å². The van der Waals surface area contributed by atoms with Crippen LogP contribution in [0.25, 0.3) is 0 Å². The van der Waals surface area contributed by atoms with Crippen LogP contribution in [0.3, 0.4) is 0 Å². The molecular weight excluding hydrogens is 310 g/mol. The first kappa shape index (κ1) is 16.5. The van der Waals surface area contributed by atoms with Crippen molar-refractivity contribution in [1.29, 1.82) is 0 Å². The number of Topliss-reactive ketones (excluding diaryl/α,β-unsaturated/α-hetero) is 1. The molecule has 3 heterocycles. The van der Waals surface area contributed by atoms with E-state index in [1.54, 1.807) is 6.20 Å². The Morgan fingerprint density at radius 3 is 2.52 bits per heavy atom. The van der Waals surface area contributed by atoms with Crippen LogP contribution >= 0.6 is 0 Å². The number of carbonyl (C=O) groups is 1. The Balaban J connectivity index is 1.48. The Labute approximate surface area is 149 Å². The highest BCUT2D eigenvalue weighted by Crippen LogP contribution is 2.39. The third-order valence-electron chi connectivity index (χ3n) is 5.95. The molecule has 2 bridgehead atoms. The number of fused-ring (bicyclic) bond motifs is 2. The lowest BCUT2D eigenvalue weighted by molar-refractivity contribution is 0.00906. The number of hydrogen-bond acceptors (Lipinski definition) is 3. The van der Waals surface area contributed by atoms with Crippen molar-refractivity contribution in [1.82, 2.24) is 14.7 Å². The van der Waals surface area contributed by atoms with Crippen LogP contribution in [0.15, 0.2) is 42.7 Å². The van der Waals surface area contributed by atoms with Gasteiger partial charge in [-0.15, -0.1) is 0 Å². The highest BCUT2D eigenvalue weighted by Gasteiger charge is 2.40. The Morgan fingerprint density at radius 2 is 1.88 bits per heavy atom. The summed E-state index contributed by atoms with van der Waals surface area (Å²) in [6.45, 7) is 3.88.